The number of halogens is 1. The molecule has 8 nitrogen and oxygen atoms in total. The van der Waals surface area contributed by atoms with Crippen LogP contribution in [0.3, 0.4) is 0 Å². The number of para-hydroxylation sites is 1. The summed E-state index contributed by atoms with van der Waals surface area (Å²) >= 11 is 5.89. The standard InChI is InChI=1S/C22H17ClN2O6.C2H6/c1-28-22(27)19-20(14-10-24-15-5-3-2-4-13(14)15)31-21(25(19)18(26)9-23)12-6-7-16-17(8-12)30-11-29-16;1-2/h2-8,10,21,24H,9,11H2,1H3;1-2H3. The molecule has 172 valence electrons. The van der Waals surface area contributed by atoms with E-state index in [-0.39, 0.29) is 24.1 Å². The van der Waals surface area contributed by atoms with E-state index in [4.69, 9.17) is 30.5 Å². The molecular formula is C24H23ClN2O6. The molecular weight excluding hydrogens is 448 g/mol. The molecule has 1 N–H and O–H groups in total. The number of rotatable bonds is 4. The van der Waals surface area contributed by atoms with E-state index in [2.05, 4.69) is 4.98 Å². The van der Waals surface area contributed by atoms with Crippen LogP contribution in [0.15, 0.2) is 54.4 Å². The van der Waals surface area contributed by atoms with Gasteiger partial charge in [-0.2, -0.15) is 0 Å². The number of esters is 1. The summed E-state index contributed by atoms with van der Waals surface area (Å²) in [5, 5.41) is 0.837. The topological polar surface area (TPSA) is 90.1 Å². The highest BCUT2D eigenvalue weighted by Crippen LogP contribution is 2.45. The number of aromatic nitrogens is 1. The third-order valence-corrected chi connectivity index (χ3v) is 5.43. The number of nitrogens with zero attached hydrogens (tertiary/aromatic N) is 1. The highest BCUT2D eigenvalue weighted by Gasteiger charge is 2.44. The quantitative estimate of drug-likeness (QED) is 0.444. The van der Waals surface area contributed by atoms with E-state index in [9.17, 15) is 9.59 Å². The molecule has 0 saturated heterocycles. The lowest BCUT2D eigenvalue weighted by Gasteiger charge is -2.24. The first kappa shape index (κ1) is 22.5. The molecule has 1 unspecified atom stereocenters. The summed E-state index contributed by atoms with van der Waals surface area (Å²) < 4.78 is 22.0. The maximum absolute atomic E-state index is 12.8. The Bertz CT molecular complexity index is 1230. The second-order valence-corrected chi connectivity index (χ2v) is 7.16. The zero-order chi connectivity index (χ0) is 23.5. The largest absolute Gasteiger partial charge is 0.464 e. The molecule has 3 heterocycles. The van der Waals surface area contributed by atoms with Gasteiger partial charge in [-0.05, 0) is 24.3 Å². The third-order valence-electron chi connectivity index (χ3n) is 5.20. The highest BCUT2D eigenvalue weighted by atomic mass is 35.5. The van der Waals surface area contributed by atoms with Gasteiger partial charge in [-0.1, -0.05) is 32.0 Å². The Balaban J connectivity index is 0.00000126. The number of H-pyrrole nitrogens is 1. The number of aromatic amines is 1. The maximum atomic E-state index is 12.8. The first-order valence-electron chi connectivity index (χ1n) is 10.5. The minimum Gasteiger partial charge on any atom is -0.464 e. The van der Waals surface area contributed by atoms with Gasteiger partial charge in [-0.3, -0.25) is 9.69 Å². The van der Waals surface area contributed by atoms with Crippen LogP contribution < -0.4 is 9.47 Å². The van der Waals surface area contributed by atoms with Crippen LogP contribution in [-0.2, 0) is 19.1 Å². The summed E-state index contributed by atoms with van der Waals surface area (Å²) in [5.41, 5.74) is 2.07. The number of nitrogens with one attached hydrogen (secondary N) is 1. The summed E-state index contributed by atoms with van der Waals surface area (Å²) in [7, 11) is 1.25. The fourth-order valence-electron chi connectivity index (χ4n) is 3.79. The number of ether oxygens (including phenoxy) is 4. The van der Waals surface area contributed by atoms with Crippen LogP contribution in [0.4, 0.5) is 0 Å². The van der Waals surface area contributed by atoms with Gasteiger partial charge in [0.05, 0.1) is 7.11 Å². The van der Waals surface area contributed by atoms with Gasteiger partial charge in [0.1, 0.15) is 5.88 Å². The number of benzene rings is 2. The minimum absolute atomic E-state index is 0.0134. The Kier molecular flexibility index (Phi) is 6.46. The van der Waals surface area contributed by atoms with Gasteiger partial charge in [0.2, 0.25) is 18.9 Å². The number of hydrogen-bond acceptors (Lipinski definition) is 6. The van der Waals surface area contributed by atoms with E-state index < -0.39 is 18.1 Å². The number of carbonyl (C=O) groups excluding carboxylic acids is 2. The van der Waals surface area contributed by atoms with Gasteiger partial charge in [-0.25, -0.2) is 4.79 Å². The van der Waals surface area contributed by atoms with Crippen molar-refractivity contribution in [1.82, 2.24) is 9.88 Å². The molecule has 9 heteroatoms. The molecule has 1 amide bonds. The molecule has 0 bridgehead atoms. The molecule has 3 aromatic rings. The van der Waals surface area contributed by atoms with Gasteiger partial charge in [0, 0.05) is 28.2 Å². The van der Waals surface area contributed by atoms with Crippen LogP contribution >= 0.6 is 11.6 Å². The van der Waals surface area contributed by atoms with E-state index in [1.807, 2.05) is 38.1 Å². The van der Waals surface area contributed by atoms with Gasteiger partial charge in [0.15, 0.2) is 23.0 Å². The van der Waals surface area contributed by atoms with Crippen molar-refractivity contribution >= 4 is 40.1 Å². The summed E-state index contributed by atoms with van der Waals surface area (Å²) in [4.78, 5) is 30.0. The molecule has 33 heavy (non-hydrogen) atoms. The van der Waals surface area contributed by atoms with Crippen LogP contribution in [0.25, 0.3) is 16.7 Å². The van der Waals surface area contributed by atoms with Gasteiger partial charge in [-0.15, -0.1) is 11.6 Å². The van der Waals surface area contributed by atoms with E-state index in [1.165, 1.54) is 12.0 Å². The average molecular weight is 471 g/mol. The van der Waals surface area contributed by atoms with Crippen LogP contribution in [0.1, 0.15) is 31.2 Å². The smallest absolute Gasteiger partial charge is 0.358 e. The molecule has 1 aromatic heterocycles. The fraction of sp³-hybridized carbons (Fsp3) is 0.250. The monoisotopic (exact) mass is 470 g/mol. The molecule has 0 aliphatic carbocycles. The Morgan fingerprint density at radius 3 is 2.67 bits per heavy atom. The summed E-state index contributed by atoms with van der Waals surface area (Å²) in [6.07, 6.45) is 0.799. The Morgan fingerprint density at radius 2 is 1.91 bits per heavy atom. The molecule has 0 fully saturated rings. The molecule has 2 aliphatic heterocycles. The molecule has 0 radical (unpaired) electrons. The first-order valence-corrected chi connectivity index (χ1v) is 11.0. The number of fused-ring (bicyclic) bond motifs is 2. The predicted octanol–water partition coefficient (Wildman–Crippen LogP) is 4.56. The normalized spacial score (nSPS) is 16.4. The van der Waals surface area contributed by atoms with Gasteiger partial charge >= 0.3 is 5.97 Å². The van der Waals surface area contributed by atoms with E-state index in [1.54, 1.807) is 24.4 Å². The molecule has 5 rings (SSSR count). The number of alkyl halides is 1. The average Bonchev–Trinajstić information content (AvgIpc) is 3.60. The van der Waals surface area contributed by atoms with E-state index in [0.717, 1.165) is 10.9 Å². The van der Waals surface area contributed by atoms with Crippen molar-refractivity contribution in [1.29, 1.82) is 0 Å². The van der Waals surface area contributed by atoms with Crippen molar-refractivity contribution in [3.63, 3.8) is 0 Å². The van der Waals surface area contributed by atoms with Crippen LogP contribution in [0, 0.1) is 0 Å². The molecule has 2 aromatic carbocycles. The van der Waals surface area contributed by atoms with Crippen molar-refractivity contribution in [3.8, 4) is 11.5 Å². The number of hydrogen-bond donors (Lipinski definition) is 1. The molecule has 2 aliphatic rings. The van der Waals surface area contributed by atoms with Crippen molar-refractivity contribution in [2.45, 2.75) is 20.1 Å². The lowest BCUT2D eigenvalue weighted by atomic mass is 10.1. The number of carbonyl (C=O) groups is 2. The second kappa shape index (κ2) is 9.46. The number of amides is 1. The zero-order valence-electron chi connectivity index (χ0n) is 18.4. The fourth-order valence-corrected chi connectivity index (χ4v) is 3.92. The molecule has 1 atom stereocenters. The number of methoxy groups -OCH3 is 1. The first-order chi connectivity index (χ1) is 16.1. The van der Waals surface area contributed by atoms with Crippen LogP contribution in [0.5, 0.6) is 11.5 Å². The molecule has 0 spiro atoms. The Hall–Kier alpha value is -3.65. The third kappa shape index (κ3) is 3.87. The van der Waals surface area contributed by atoms with Crippen molar-refractivity contribution < 1.29 is 28.5 Å². The summed E-state index contributed by atoms with van der Waals surface area (Å²) in [5.74, 6) is -0.201. The summed E-state index contributed by atoms with van der Waals surface area (Å²) in [6, 6.07) is 12.8. The molecule has 0 saturated carbocycles. The lowest BCUT2D eigenvalue weighted by Crippen LogP contribution is -2.35. The van der Waals surface area contributed by atoms with Crippen molar-refractivity contribution in [3.05, 3.63) is 65.5 Å². The predicted molar refractivity (Wildman–Crippen MR) is 123 cm³/mol. The highest BCUT2D eigenvalue weighted by molar-refractivity contribution is 6.28. The van der Waals surface area contributed by atoms with E-state index in [0.29, 0.717) is 22.6 Å². The maximum Gasteiger partial charge on any atom is 0.358 e. The van der Waals surface area contributed by atoms with Gasteiger partial charge < -0.3 is 23.9 Å². The zero-order valence-corrected chi connectivity index (χ0v) is 19.1. The van der Waals surface area contributed by atoms with Crippen LogP contribution in [-0.4, -0.2) is 41.5 Å². The van der Waals surface area contributed by atoms with Gasteiger partial charge in [0.25, 0.3) is 0 Å². The van der Waals surface area contributed by atoms with E-state index >= 15 is 0 Å². The van der Waals surface area contributed by atoms with Crippen LogP contribution in [0.2, 0.25) is 0 Å². The Labute approximate surface area is 195 Å². The minimum atomic E-state index is -0.932. The summed E-state index contributed by atoms with van der Waals surface area (Å²) in [6.45, 7) is 4.11. The van der Waals surface area contributed by atoms with Crippen molar-refractivity contribution in [2.75, 3.05) is 19.8 Å². The van der Waals surface area contributed by atoms with Crippen molar-refractivity contribution in [2.24, 2.45) is 0 Å². The lowest BCUT2D eigenvalue weighted by molar-refractivity contribution is -0.143. The SMILES string of the molecule is CC.COC(=O)C1=C(c2c[nH]c3ccccc23)OC(c2ccc3c(c2)OCO3)N1C(=O)CCl. The Morgan fingerprint density at radius 1 is 1.15 bits per heavy atom. The second-order valence-electron chi connectivity index (χ2n) is 6.90.